The molecule has 0 spiro atoms. The van der Waals surface area contributed by atoms with E-state index in [1.54, 1.807) is 6.92 Å². The fraction of sp³-hybridized carbons (Fsp3) is 0.538. The van der Waals surface area contributed by atoms with Gasteiger partial charge in [0.05, 0.1) is 14.2 Å². The molecule has 21 heavy (non-hydrogen) atoms. The summed E-state index contributed by atoms with van der Waals surface area (Å²) in [6, 6.07) is 1.57. The largest absolute Gasteiger partial charge is 0.493 e. The van der Waals surface area contributed by atoms with Crippen LogP contribution in [-0.2, 0) is 10.0 Å². The molecular weight excluding hydrogens is 301 g/mol. The first-order chi connectivity index (χ1) is 9.89. The predicted molar refractivity (Wildman–Crippen MR) is 75.6 cm³/mol. The molecule has 8 heteroatoms. The third-order valence-corrected chi connectivity index (χ3v) is 4.56. The molecule has 0 fully saturated rings. The number of rotatable bonds is 8. The summed E-state index contributed by atoms with van der Waals surface area (Å²) in [5.41, 5.74) is 0. The molecular formula is C13H20FNO5S. The SMILES string of the molecule is CCC(CCO)NS(=O)(=O)c1cc(OC)c(OC)cc1F. The zero-order valence-electron chi connectivity index (χ0n) is 12.2. The topological polar surface area (TPSA) is 84.9 Å². The second-order valence-electron chi connectivity index (χ2n) is 4.38. The molecule has 1 rings (SSSR count). The average Bonchev–Trinajstić information content (AvgIpc) is 2.45. The van der Waals surface area contributed by atoms with Crippen LogP contribution < -0.4 is 14.2 Å². The predicted octanol–water partition coefficient (Wildman–Crippen LogP) is 1.28. The van der Waals surface area contributed by atoms with E-state index in [-0.39, 0.29) is 24.5 Å². The van der Waals surface area contributed by atoms with Crippen LogP contribution in [0, 0.1) is 5.82 Å². The Kier molecular flexibility index (Phi) is 6.38. The van der Waals surface area contributed by atoms with E-state index in [0.29, 0.717) is 6.42 Å². The van der Waals surface area contributed by atoms with E-state index in [1.165, 1.54) is 14.2 Å². The van der Waals surface area contributed by atoms with E-state index in [4.69, 9.17) is 14.6 Å². The van der Waals surface area contributed by atoms with Gasteiger partial charge in [-0.05, 0) is 12.8 Å². The molecule has 0 aliphatic carbocycles. The fourth-order valence-electron chi connectivity index (χ4n) is 1.83. The molecule has 1 atom stereocenters. The van der Waals surface area contributed by atoms with Crippen LogP contribution in [-0.4, -0.2) is 40.4 Å². The van der Waals surface area contributed by atoms with Crippen molar-refractivity contribution >= 4 is 10.0 Å². The summed E-state index contributed by atoms with van der Waals surface area (Å²) in [6.45, 7) is 1.61. The molecule has 0 aromatic heterocycles. The van der Waals surface area contributed by atoms with Gasteiger partial charge in [-0.15, -0.1) is 0 Å². The molecule has 0 amide bonds. The van der Waals surface area contributed by atoms with Crippen LogP contribution in [0.5, 0.6) is 11.5 Å². The minimum absolute atomic E-state index is 0.108. The number of aliphatic hydroxyl groups excluding tert-OH is 1. The Hall–Kier alpha value is -1.38. The highest BCUT2D eigenvalue weighted by molar-refractivity contribution is 7.89. The van der Waals surface area contributed by atoms with Crippen molar-refractivity contribution in [2.24, 2.45) is 0 Å². The lowest BCUT2D eigenvalue weighted by atomic mass is 10.2. The number of sulfonamides is 1. The van der Waals surface area contributed by atoms with Crippen LogP contribution in [0.25, 0.3) is 0 Å². The molecule has 1 aromatic carbocycles. The lowest BCUT2D eigenvalue weighted by molar-refractivity contribution is 0.270. The molecule has 0 aliphatic heterocycles. The standard InChI is InChI=1S/C13H20FNO5S/c1-4-9(5-6-16)15-21(17,18)13-8-12(20-3)11(19-2)7-10(13)14/h7-9,15-16H,4-6H2,1-3H3. The van der Waals surface area contributed by atoms with E-state index in [0.717, 1.165) is 12.1 Å². The molecule has 120 valence electrons. The average molecular weight is 321 g/mol. The van der Waals surface area contributed by atoms with Gasteiger partial charge < -0.3 is 14.6 Å². The van der Waals surface area contributed by atoms with Gasteiger partial charge in [0.25, 0.3) is 0 Å². The van der Waals surface area contributed by atoms with Crippen LogP contribution in [0.4, 0.5) is 4.39 Å². The highest BCUT2D eigenvalue weighted by Gasteiger charge is 2.25. The fourth-order valence-corrected chi connectivity index (χ4v) is 3.25. The minimum atomic E-state index is -4.05. The van der Waals surface area contributed by atoms with Gasteiger partial charge in [0.15, 0.2) is 11.5 Å². The molecule has 1 aromatic rings. The summed E-state index contributed by atoms with van der Waals surface area (Å²) in [6.07, 6.45) is 0.735. The lowest BCUT2D eigenvalue weighted by Crippen LogP contribution is -2.35. The third-order valence-electron chi connectivity index (χ3n) is 3.02. The first kappa shape index (κ1) is 17.7. The number of hydrogen-bond acceptors (Lipinski definition) is 5. The van der Waals surface area contributed by atoms with Crippen LogP contribution in [0.1, 0.15) is 19.8 Å². The summed E-state index contributed by atoms with van der Waals surface area (Å²) in [4.78, 5) is -0.517. The van der Waals surface area contributed by atoms with Crippen molar-refractivity contribution in [3.05, 3.63) is 17.9 Å². The van der Waals surface area contributed by atoms with Crippen molar-refractivity contribution in [3.8, 4) is 11.5 Å². The van der Waals surface area contributed by atoms with Gasteiger partial charge in [-0.1, -0.05) is 6.92 Å². The summed E-state index contributed by atoms with van der Waals surface area (Å²) in [5, 5.41) is 8.89. The van der Waals surface area contributed by atoms with Gasteiger partial charge in [0.1, 0.15) is 10.7 Å². The van der Waals surface area contributed by atoms with Crippen molar-refractivity contribution in [1.82, 2.24) is 4.72 Å². The van der Waals surface area contributed by atoms with E-state index >= 15 is 0 Å². The van der Waals surface area contributed by atoms with Gasteiger partial charge in [-0.2, -0.15) is 0 Å². The quantitative estimate of drug-likeness (QED) is 0.753. The first-order valence-corrected chi connectivity index (χ1v) is 7.92. The Morgan fingerprint density at radius 1 is 1.29 bits per heavy atom. The monoisotopic (exact) mass is 321 g/mol. The normalized spacial score (nSPS) is 13.0. The molecule has 1 unspecified atom stereocenters. The van der Waals surface area contributed by atoms with Crippen molar-refractivity contribution in [2.45, 2.75) is 30.7 Å². The molecule has 0 radical (unpaired) electrons. The summed E-state index contributed by atoms with van der Waals surface area (Å²) >= 11 is 0. The number of halogens is 1. The minimum Gasteiger partial charge on any atom is -0.493 e. The van der Waals surface area contributed by atoms with E-state index in [2.05, 4.69) is 4.72 Å². The molecule has 0 heterocycles. The molecule has 0 saturated carbocycles. The number of aliphatic hydroxyl groups is 1. The molecule has 0 bridgehead atoms. The van der Waals surface area contributed by atoms with Crippen LogP contribution in [0.15, 0.2) is 17.0 Å². The van der Waals surface area contributed by atoms with Crippen LogP contribution in [0.2, 0.25) is 0 Å². The third kappa shape index (κ3) is 4.29. The van der Waals surface area contributed by atoms with Crippen LogP contribution in [0.3, 0.4) is 0 Å². The van der Waals surface area contributed by atoms with Crippen molar-refractivity contribution in [1.29, 1.82) is 0 Å². The van der Waals surface area contributed by atoms with Gasteiger partial charge in [-0.25, -0.2) is 17.5 Å². The maximum absolute atomic E-state index is 14.0. The Bertz CT molecular complexity index is 576. The van der Waals surface area contributed by atoms with Crippen LogP contribution >= 0.6 is 0 Å². The molecule has 0 saturated heterocycles. The Balaban J connectivity index is 3.19. The van der Waals surface area contributed by atoms with Crippen molar-refractivity contribution in [2.75, 3.05) is 20.8 Å². The lowest BCUT2D eigenvalue weighted by Gasteiger charge is -2.17. The van der Waals surface area contributed by atoms with Crippen molar-refractivity contribution < 1.29 is 27.4 Å². The van der Waals surface area contributed by atoms with Gasteiger partial charge in [0.2, 0.25) is 10.0 Å². The number of ether oxygens (including phenoxy) is 2. The summed E-state index contributed by atoms with van der Waals surface area (Å²) in [5.74, 6) is -0.704. The first-order valence-electron chi connectivity index (χ1n) is 6.44. The van der Waals surface area contributed by atoms with Gasteiger partial charge in [-0.3, -0.25) is 0 Å². The zero-order chi connectivity index (χ0) is 16.0. The smallest absolute Gasteiger partial charge is 0.243 e. The number of hydrogen-bond donors (Lipinski definition) is 2. The Morgan fingerprint density at radius 2 is 1.86 bits per heavy atom. The Labute approximate surface area is 123 Å². The van der Waals surface area contributed by atoms with Gasteiger partial charge in [0, 0.05) is 24.8 Å². The van der Waals surface area contributed by atoms with E-state index in [1.807, 2.05) is 0 Å². The van der Waals surface area contributed by atoms with Gasteiger partial charge >= 0.3 is 0 Å². The summed E-state index contributed by atoms with van der Waals surface area (Å²) < 4.78 is 50.7. The Morgan fingerprint density at radius 3 is 2.33 bits per heavy atom. The second-order valence-corrected chi connectivity index (χ2v) is 6.06. The second kappa shape index (κ2) is 7.58. The zero-order valence-corrected chi connectivity index (χ0v) is 13.0. The highest BCUT2D eigenvalue weighted by Crippen LogP contribution is 2.31. The number of benzene rings is 1. The molecule has 0 aliphatic rings. The maximum Gasteiger partial charge on any atom is 0.243 e. The molecule has 6 nitrogen and oxygen atoms in total. The summed E-state index contributed by atoms with van der Waals surface area (Å²) in [7, 11) is -1.39. The highest BCUT2D eigenvalue weighted by atomic mass is 32.2. The maximum atomic E-state index is 14.0. The van der Waals surface area contributed by atoms with Crippen molar-refractivity contribution in [3.63, 3.8) is 0 Å². The number of methoxy groups -OCH3 is 2. The number of nitrogens with one attached hydrogen (secondary N) is 1. The van der Waals surface area contributed by atoms with E-state index < -0.39 is 26.8 Å². The van der Waals surface area contributed by atoms with E-state index in [9.17, 15) is 12.8 Å². The molecule has 2 N–H and O–H groups in total.